The number of nitrogens with zero attached hydrogens (tertiary/aromatic N) is 2. The molecule has 1 heterocycles. The summed E-state index contributed by atoms with van der Waals surface area (Å²) in [7, 11) is 0. The Morgan fingerprint density at radius 1 is 0.947 bits per heavy atom. The van der Waals surface area contributed by atoms with Crippen LogP contribution in [-0.2, 0) is 4.74 Å². The molecular weight excluding hydrogens is 236 g/mol. The van der Waals surface area contributed by atoms with Gasteiger partial charge in [0.15, 0.2) is 0 Å². The topological polar surface area (TPSA) is 24.8 Å². The first-order valence-electron chi connectivity index (χ1n) is 6.35. The Labute approximate surface area is 113 Å². The van der Waals surface area contributed by atoms with E-state index in [1.165, 1.54) is 0 Å². The minimum absolute atomic E-state index is 0.654. The van der Waals surface area contributed by atoms with E-state index in [0.717, 1.165) is 17.8 Å². The van der Waals surface area contributed by atoms with Crippen LogP contribution < -0.4 is 4.90 Å². The number of aliphatic imine (C=N–C) groups is 1. The van der Waals surface area contributed by atoms with Gasteiger partial charge in [0.05, 0.1) is 13.1 Å². The van der Waals surface area contributed by atoms with Crippen molar-refractivity contribution in [1.82, 2.24) is 0 Å². The molecule has 0 amide bonds. The van der Waals surface area contributed by atoms with Gasteiger partial charge in [0, 0.05) is 5.69 Å². The molecule has 0 aliphatic carbocycles. The van der Waals surface area contributed by atoms with Crippen molar-refractivity contribution in [3.8, 4) is 0 Å². The van der Waals surface area contributed by atoms with E-state index < -0.39 is 0 Å². The predicted octanol–water partition coefficient (Wildman–Crippen LogP) is 3.09. The predicted molar refractivity (Wildman–Crippen MR) is 77.0 cm³/mol. The summed E-state index contributed by atoms with van der Waals surface area (Å²) in [4.78, 5) is 6.39. The Hall–Kier alpha value is -2.29. The smallest absolute Gasteiger partial charge is 0.292 e. The van der Waals surface area contributed by atoms with E-state index in [4.69, 9.17) is 4.74 Å². The van der Waals surface area contributed by atoms with E-state index in [-0.39, 0.29) is 0 Å². The average Bonchev–Trinajstić information content (AvgIpc) is 3.01. The fourth-order valence-corrected chi connectivity index (χ4v) is 1.99. The zero-order valence-corrected chi connectivity index (χ0v) is 10.6. The van der Waals surface area contributed by atoms with Crippen LogP contribution in [-0.4, -0.2) is 19.2 Å². The summed E-state index contributed by atoms with van der Waals surface area (Å²) in [5.74, 6) is 0. The lowest BCUT2D eigenvalue weighted by atomic mass is 10.2. The minimum Gasteiger partial charge on any atom is -0.463 e. The van der Waals surface area contributed by atoms with Crippen molar-refractivity contribution in [2.75, 3.05) is 18.1 Å². The zero-order valence-electron chi connectivity index (χ0n) is 10.6. The summed E-state index contributed by atoms with van der Waals surface area (Å²) in [6, 6.07) is 20.9. The maximum absolute atomic E-state index is 5.59. The summed E-state index contributed by atoms with van der Waals surface area (Å²) in [5.41, 5.74) is 2.16. The van der Waals surface area contributed by atoms with E-state index in [1.54, 1.807) is 0 Å². The van der Waals surface area contributed by atoms with Crippen LogP contribution in [0.4, 0.5) is 5.69 Å². The van der Waals surface area contributed by atoms with Crippen LogP contribution in [0.1, 0.15) is 5.56 Å². The SMILES string of the molecule is [CH](c1ccccc1)N(C1=NCCO1)c1ccccc1. The second kappa shape index (κ2) is 5.57. The third kappa shape index (κ3) is 2.76. The second-order valence-corrected chi connectivity index (χ2v) is 4.26. The summed E-state index contributed by atoms with van der Waals surface area (Å²) in [6.45, 7) is 3.42. The van der Waals surface area contributed by atoms with Crippen molar-refractivity contribution in [2.45, 2.75) is 0 Å². The monoisotopic (exact) mass is 251 g/mol. The van der Waals surface area contributed by atoms with Crippen LogP contribution in [0.15, 0.2) is 65.7 Å². The number of benzene rings is 2. The van der Waals surface area contributed by atoms with Crippen LogP contribution in [0.2, 0.25) is 0 Å². The molecule has 3 rings (SSSR count). The van der Waals surface area contributed by atoms with Crippen LogP contribution >= 0.6 is 0 Å². The summed E-state index contributed by atoms with van der Waals surface area (Å²) < 4.78 is 5.59. The first-order valence-corrected chi connectivity index (χ1v) is 6.35. The van der Waals surface area contributed by atoms with E-state index in [2.05, 4.69) is 17.1 Å². The third-order valence-electron chi connectivity index (χ3n) is 2.89. The number of para-hydroxylation sites is 1. The molecule has 1 radical (unpaired) electrons. The second-order valence-electron chi connectivity index (χ2n) is 4.26. The minimum atomic E-state index is 0.654. The van der Waals surface area contributed by atoms with Crippen LogP contribution in [0.3, 0.4) is 0 Å². The number of ether oxygens (including phenoxy) is 1. The van der Waals surface area contributed by atoms with Crippen molar-refractivity contribution in [3.05, 3.63) is 72.8 Å². The lowest BCUT2D eigenvalue weighted by Crippen LogP contribution is -2.28. The molecule has 95 valence electrons. The first kappa shape index (κ1) is 11.8. The fraction of sp³-hybridized carbons (Fsp3) is 0.125. The zero-order chi connectivity index (χ0) is 12.9. The van der Waals surface area contributed by atoms with Crippen molar-refractivity contribution in [1.29, 1.82) is 0 Å². The standard InChI is InChI=1S/C16H15N2O/c1-3-7-14(8-4-1)13-18(16-17-11-12-19-16)15-9-5-2-6-10-15/h1-10,13H,11-12H2. The highest BCUT2D eigenvalue weighted by molar-refractivity contribution is 5.94. The number of hydrogen-bond acceptors (Lipinski definition) is 3. The molecule has 1 aliphatic heterocycles. The number of rotatable bonds is 3. The van der Waals surface area contributed by atoms with Gasteiger partial charge >= 0.3 is 0 Å². The van der Waals surface area contributed by atoms with Crippen molar-refractivity contribution in [2.24, 2.45) is 4.99 Å². The number of amidine groups is 1. The quantitative estimate of drug-likeness (QED) is 0.837. The first-order chi connectivity index (χ1) is 9.43. The molecule has 3 nitrogen and oxygen atoms in total. The Bertz CT molecular complexity index is 551. The van der Waals surface area contributed by atoms with Crippen molar-refractivity contribution in [3.63, 3.8) is 0 Å². The molecule has 3 heteroatoms. The van der Waals surface area contributed by atoms with Crippen molar-refractivity contribution < 1.29 is 4.74 Å². The van der Waals surface area contributed by atoms with Gasteiger partial charge in [0.25, 0.3) is 6.02 Å². The highest BCUT2D eigenvalue weighted by atomic mass is 16.5. The van der Waals surface area contributed by atoms with Gasteiger partial charge in [-0.1, -0.05) is 48.5 Å². The molecule has 0 unspecified atom stereocenters. The third-order valence-corrected chi connectivity index (χ3v) is 2.89. The number of anilines is 1. The van der Waals surface area contributed by atoms with Crippen LogP contribution in [0, 0.1) is 6.54 Å². The number of hydrogen-bond donors (Lipinski definition) is 0. The molecular formula is C16H15N2O. The molecule has 2 aromatic carbocycles. The molecule has 0 spiro atoms. The maximum Gasteiger partial charge on any atom is 0.292 e. The van der Waals surface area contributed by atoms with E-state index >= 15 is 0 Å². The molecule has 0 atom stereocenters. The lowest BCUT2D eigenvalue weighted by Gasteiger charge is -2.22. The molecule has 0 aromatic heterocycles. The fourth-order valence-electron chi connectivity index (χ4n) is 1.99. The summed E-state index contributed by atoms with van der Waals surface area (Å²) in [6.07, 6.45) is 0. The van der Waals surface area contributed by atoms with E-state index in [1.807, 2.05) is 60.0 Å². The van der Waals surface area contributed by atoms with E-state index in [0.29, 0.717) is 12.6 Å². The molecule has 1 aliphatic rings. The molecule has 2 aromatic rings. The Morgan fingerprint density at radius 3 is 2.26 bits per heavy atom. The van der Waals surface area contributed by atoms with Gasteiger partial charge in [-0.25, -0.2) is 4.99 Å². The van der Waals surface area contributed by atoms with Gasteiger partial charge in [0.1, 0.15) is 6.61 Å². The van der Waals surface area contributed by atoms with Gasteiger partial charge in [-0.2, -0.15) is 0 Å². The Morgan fingerprint density at radius 2 is 1.63 bits per heavy atom. The molecule has 19 heavy (non-hydrogen) atoms. The van der Waals surface area contributed by atoms with Gasteiger partial charge in [0.2, 0.25) is 0 Å². The van der Waals surface area contributed by atoms with Gasteiger partial charge in [-0.3, -0.25) is 4.90 Å². The van der Waals surface area contributed by atoms with E-state index in [9.17, 15) is 0 Å². The summed E-state index contributed by atoms with van der Waals surface area (Å²) >= 11 is 0. The molecule has 0 saturated heterocycles. The highest BCUT2D eigenvalue weighted by Crippen LogP contribution is 2.20. The molecule has 0 fully saturated rings. The van der Waals surface area contributed by atoms with Crippen molar-refractivity contribution >= 4 is 11.7 Å². The van der Waals surface area contributed by atoms with Gasteiger partial charge < -0.3 is 4.74 Å². The van der Waals surface area contributed by atoms with Gasteiger partial charge in [-0.15, -0.1) is 0 Å². The normalized spacial score (nSPS) is 13.8. The maximum atomic E-state index is 5.59. The average molecular weight is 251 g/mol. The van der Waals surface area contributed by atoms with Gasteiger partial charge in [-0.05, 0) is 17.7 Å². The largest absolute Gasteiger partial charge is 0.463 e. The lowest BCUT2D eigenvalue weighted by molar-refractivity contribution is 0.341. The Balaban J connectivity index is 1.89. The molecule has 0 bridgehead atoms. The molecule has 0 saturated carbocycles. The summed E-state index contributed by atoms with van der Waals surface area (Å²) in [5, 5.41) is 0. The van der Waals surface area contributed by atoms with Crippen LogP contribution in [0.25, 0.3) is 0 Å². The molecule has 0 N–H and O–H groups in total. The highest BCUT2D eigenvalue weighted by Gasteiger charge is 2.19. The Kier molecular flexibility index (Phi) is 3.45. The van der Waals surface area contributed by atoms with Crippen LogP contribution in [0.5, 0.6) is 0 Å².